The topological polar surface area (TPSA) is 25.4 Å². The average molecular weight is 405 g/mol. The molecule has 3 nitrogen and oxygen atoms in total. The molecule has 2 aliphatic carbocycles. The van der Waals surface area contributed by atoms with Crippen molar-refractivity contribution in [3.8, 4) is 5.75 Å². The van der Waals surface area contributed by atoms with Gasteiger partial charge in [0.25, 0.3) is 0 Å². The molecule has 1 saturated heterocycles. The number of hydrogen-bond donors (Lipinski definition) is 0. The van der Waals surface area contributed by atoms with E-state index < -0.39 is 0 Å². The molecule has 1 aromatic heterocycles. The third-order valence-electron chi connectivity index (χ3n) is 8.64. The summed E-state index contributed by atoms with van der Waals surface area (Å²) in [5, 5.41) is 0. The summed E-state index contributed by atoms with van der Waals surface area (Å²) in [6, 6.07) is 13.2. The summed E-state index contributed by atoms with van der Waals surface area (Å²) in [6.45, 7) is 7.32. The van der Waals surface area contributed by atoms with Crippen LogP contribution < -0.4 is 4.74 Å². The lowest BCUT2D eigenvalue weighted by atomic mass is 9.55. The number of aryl methyl sites for hydroxylation is 1. The summed E-state index contributed by atoms with van der Waals surface area (Å²) in [5.74, 6) is 3.89. The quantitative estimate of drug-likeness (QED) is 0.643. The summed E-state index contributed by atoms with van der Waals surface area (Å²) in [7, 11) is 1.78. The SMILES string of the molecule is COc1ccc2c(c1)CC[C@@H]1[C@@H]2CC[C@@]2(C)[C@H]1CCCN2C[C@H](C)c1ccccn1. The molecule has 5 atom stereocenters. The molecule has 2 heterocycles. The smallest absolute Gasteiger partial charge is 0.119 e. The second-order valence-corrected chi connectivity index (χ2v) is 10.1. The zero-order chi connectivity index (χ0) is 20.7. The van der Waals surface area contributed by atoms with E-state index in [2.05, 4.69) is 54.1 Å². The van der Waals surface area contributed by atoms with Crippen LogP contribution in [0.1, 0.15) is 74.6 Å². The molecule has 3 aliphatic rings. The van der Waals surface area contributed by atoms with Crippen LogP contribution >= 0.6 is 0 Å². The zero-order valence-corrected chi connectivity index (χ0v) is 18.8. The second-order valence-electron chi connectivity index (χ2n) is 10.1. The highest BCUT2D eigenvalue weighted by Crippen LogP contribution is 2.56. The highest BCUT2D eigenvalue weighted by atomic mass is 16.5. The fourth-order valence-electron chi connectivity index (χ4n) is 7.05. The number of fused-ring (bicyclic) bond motifs is 5. The molecule has 1 aliphatic heterocycles. The Bertz CT molecular complexity index is 882. The van der Waals surface area contributed by atoms with Gasteiger partial charge in [-0.1, -0.05) is 19.1 Å². The maximum atomic E-state index is 5.49. The summed E-state index contributed by atoms with van der Waals surface area (Å²) in [4.78, 5) is 7.49. The van der Waals surface area contributed by atoms with Crippen molar-refractivity contribution >= 4 is 0 Å². The maximum absolute atomic E-state index is 5.49. The van der Waals surface area contributed by atoms with Crippen molar-refractivity contribution in [3.05, 3.63) is 59.4 Å². The van der Waals surface area contributed by atoms with E-state index in [-0.39, 0.29) is 0 Å². The van der Waals surface area contributed by atoms with Crippen molar-refractivity contribution in [1.82, 2.24) is 9.88 Å². The fraction of sp³-hybridized carbons (Fsp3) is 0.593. The van der Waals surface area contributed by atoms with E-state index >= 15 is 0 Å². The van der Waals surface area contributed by atoms with Crippen molar-refractivity contribution in [1.29, 1.82) is 0 Å². The van der Waals surface area contributed by atoms with E-state index in [4.69, 9.17) is 4.74 Å². The van der Waals surface area contributed by atoms with E-state index in [1.54, 1.807) is 12.7 Å². The minimum Gasteiger partial charge on any atom is -0.497 e. The van der Waals surface area contributed by atoms with E-state index in [0.29, 0.717) is 11.5 Å². The molecule has 160 valence electrons. The molecule has 0 unspecified atom stereocenters. The lowest BCUT2D eigenvalue weighted by Crippen LogP contribution is -2.61. The summed E-state index contributed by atoms with van der Waals surface area (Å²) < 4.78 is 5.49. The number of likely N-dealkylation sites (tertiary alicyclic amines) is 1. The number of pyridine rings is 1. The van der Waals surface area contributed by atoms with Crippen LogP contribution in [0.2, 0.25) is 0 Å². The van der Waals surface area contributed by atoms with Gasteiger partial charge in [0.15, 0.2) is 0 Å². The van der Waals surface area contributed by atoms with Gasteiger partial charge in [-0.15, -0.1) is 0 Å². The first kappa shape index (κ1) is 20.1. The van der Waals surface area contributed by atoms with Crippen LogP contribution in [-0.2, 0) is 6.42 Å². The normalized spacial score (nSPS) is 31.9. The molecule has 30 heavy (non-hydrogen) atoms. The lowest BCUT2D eigenvalue weighted by molar-refractivity contribution is -0.0632. The van der Waals surface area contributed by atoms with Crippen LogP contribution in [0, 0.1) is 11.8 Å². The Morgan fingerprint density at radius 2 is 2.10 bits per heavy atom. The van der Waals surface area contributed by atoms with E-state index in [0.717, 1.165) is 30.0 Å². The van der Waals surface area contributed by atoms with Gasteiger partial charge in [-0.2, -0.15) is 0 Å². The summed E-state index contributed by atoms with van der Waals surface area (Å²) in [6.07, 6.45) is 9.88. The Labute approximate surface area is 181 Å². The number of nitrogens with zero attached hydrogens (tertiary/aromatic N) is 2. The molecule has 0 amide bonds. The molecule has 1 saturated carbocycles. The summed E-state index contributed by atoms with van der Waals surface area (Å²) >= 11 is 0. The van der Waals surface area contributed by atoms with Crippen LogP contribution in [0.5, 0.6) is 5.75 Å². The van der Waals surface area contributed by atoms with Crippen LogP contribution in [0.3, 0.4) is 0 Å². The molecule has 5 rings (SSSR count). The largest absolute Gasteiger partial charge is 0.497 e. The standard InChI is InChI=1S/C27H36N2O/c1-19(26-8-4-5-15-28-26)18-29-16-6-7-25-24-11-9-20-17-21(30-3)10-12-22(20)23(24)13-14-27(25,29)2/h4-5,8,10,12,15,17,19,23-25H,6-7,9,11,13-14,16,18H2,1-3H3/t19-,23+,24+,25-,27-/m0/s1. The Hall–Kier alpha value is -1.87. The third kappa shape index (κ3) is 3.36. The Morgan fingerprint density at radius 1 is 1.20 bits per heavy atom. The Balaban J connectivity index is 1.38. The van der Waals surface area contributed by atoms with Gasteiger partial charge in [-0.3, -0.25) is 9.88 Å². The van der Waals surface area contributed by atoms with E-state index in [1.807, 2.05) is 12.3 Å². The molecule has 0 spiro atoms. The monoisotopic (exact) mass is 404 g/mol. The van der Waals surface area contributed by atoms with E-state index in [1.165, 1.54) is 56.3 Å². The molecule has 0 bridgehead atoms. The number of methoxy groups -OCH3 is 1. The Kier molecular flexibility index (Phi) is 5.35. The van der Waals surface area contributed by atoms with Gasteiger partial charge in [0.05, 0.1) is 7.11 Å². The average Bonchev–Trinajstić information content (AvgIpc) is 2.79. The first-order valence-corrected chi connectivity index (χ1v) is 11.9. The van der Waals surface area contributed by atoms with Crippen LogP contribution in [0.25, 0.3) is 0 Å². The van der Waals surface area contributed by atoms with Gasteiger partial charge in [0, 0.05) is 29.9 Å². The number of rotatable bonds is 4. The summed E-state index contributed by atoms with van der Waals surface area (Å²) in [5.41, 5.74) is 4.73. The number of piperidine rings is 1. The fourth-order valence-corrected chi connectivity index (χ4v) is 7.05. The molecular formula is C27H36N2O. The van der Waals surface area contributed by atoms with Crippen molar-refractivity contribution in [2.75, 3.05) is 20.2 Å². The van der Waals surface area contributed by atoms with Crippen molar-refractivity contribution < 1.29 is 4.74 Å². The van der Waals surface area contributed by atoms with Crippen molar-refractivity contribution in [2.45, 2.75) is 69.7 Å². The van der Waals surface area contributed by atoms with E-state index in [9.17, 15) is 0 Å². The number of hydrogen-bond acceptors (Lipinski definition) is 3. The molecule has 2 fully saturated rings. The third-order valence-corrected chi connectivity index (χ3v) is 8.64. The van der Waals surface area contributed by atoms with Gasteiger partial charge >= 0.3 is 0 Å². The maximum Gasteiger partial charge on any atom is 0.119 e. The first-order chi connectivity index (χ1) is 14.6. The van der Waals surface area contributed by atoms with Gasteiger partial charge < -0.3 is 4.74 Å². The predicted molar refractivity (Wildman–Crippen MR) is 122 cm³/mol. The van der Waals surface area contributed by atoms with Gasteiger partial charge in [-0.25, -0.2) is 0 Å². The zero-order valence-electron chi connectivity index (χ0n) is 18.8. The minimum atomic E-state index is 0.340. The highest BCUT2D eigenvalue weighted by Gasteiger charge is 2.52. The minimum absolute atomic E-state index is 0.340. The number of aromatic nitrogens is 1. The van der Waals surface area contributed by atoms with Gasteiger partial charge in [-0.05, 0) is 105 Å². The van der Waals surface area contributed by atoms with Crippen molar-refractivity contribution in [3.63, 3.8) is 0 Å². The first-order valence-electron chi connectivity index (χ1n) is 11.9. The van der Waals surface area contributed by atoms with Gasteiger partial charge in [0.1, 0.15) is 5.75 Å². The second kappa shape index (κ2) is 8.00. The van der Waals surface area contributed by atoms with Crippen LogP contribution in [-0.4, -0.2) is 35.6 Å². The number of benzene rings is 1. The molecule has 1 aromatic carbocycles. The van der Waals surface area contributed by atoms with Crippen LogP contribution in [0.15, 0.2) is 42.6 Å². The van der Waals surface area contributed by atoms with Crippen molar-refractivity contribution in [2.24, 2.45) is 11.8 Å². The Morgan fingerprint density at radius 3 is 2.90 bits per heavy atom. The lowest BCUT2D eigenvalue weighted by Gasteiger charge is -2.59. The number of ether oxygens (including phenoxy) is 1. The molecule has 0 N–H and O–H groups in total. The molecule has 0 radical (unpaired) electrons. The molecular weight excluding hydrogens is 368 g/mol. The highest BCUT2D eigenvalue weighted by molar-refractivity contribution is 5.40. The molecule has 3 heteroatoms. The van der Waals surface area contributed by atoms with Gasteiger partial charge in [0.2, 0.25) is 0 Å². The predicted octanol–water partition coefficient (Wildman–Crippen LogP) is 5.80. The molecule has 2 aromatic rings. The van der Waals surface area contributed by atoms with Crippen LogP contribution in [0.4, 0.5) is 0 Å².